The van der Waals surface area contributed by atoms with E-state index in [0.717, 1.165) is 18.5 Å². The molecule has 0 saturated heterocycles. The minimum Gasteiger partial charge on any atom is -0.389 e. The topological polar surface area (TPSA) is 133 Å². The van der Waals surface area contributed by atoms with E-state index in [1.54, 1.807) is 0 Å². The van der Waals surface area contributed by atoms with Crippen LogP contribution in [0.1, 0.15) is 25.2 Å². The highest BCUT2D eigenvalue weighted by Crippen LogP contribution is 2.30. The molecule has 3 aromatic heterocycles. The van der Waals surface area contributed by atoms with E-state index < -0.39 is 59.4 Å². The van der Waals surface area contributed by atoms with Crippen LogP contribution in [-0.4, -0.2) is 52.4 Å². The molecule has 0 atom stereocenters. The van der Waals surface area contributed by atoms with Crippen LogP contribution >= 0.6 is 0 Å². The summed E-state index contributed by atoms with van der Waals surface area (Å²) in [5, 5.41) is 23.0. The standard InChI is InChI=1S/C18H16F6N8O2/c1-16(2,33)8-32(34)15-30-13(12-26-6-4-10(28-12)17(19,20)21)29-14(31-15)27-9-3-5-25-11(7-9)18(22,23)24/h3-7,33-34H,8H2,1-2H3,(H,25,27,29,30,31). The summed E-state index contributed by atoms with van der Waals surface area (Å²) in [6.07, 6.45) is -7.86. The second-order valence-electron chi connectivity index (χ2n) is 7.47. The van der Waals surface area contributed by atoms with Crippen molar-refractivity contribution in [2.45, 2.75) is 31.8 Å². The summed E-state index contributed by atoms with van der Waals surface area (Å²) in [6.45, 7) is 2.26. The van der Waals surface area contributed by atoms with Crippen molar-refractivity contribution < 1.29 is 36.7 Å². The molecule has 0 aromatic carbocycles. The molecule has 0 aliphatic heterocycles. The number of aromatic nitrogens is 6. The molecule has 0 spiro atoms. The molecule has 0 aliphatic carbocycles. The number of rotatable bonds is 6. The van der Waals surface area contributed by atoms with Crippen molar-refractivity contribution in [3.63, 3.8) is 0 Å². The summed E-state index contributed by atoms with van der Waals surface area (Å²) < 4.78 is 78.0. The van der Waals surface area contributed by atoms with E-state index in [1.807, 2.05) is 0 Å². The van der Waals surface area contributed by atoms with Crippen LogP contribution in [0.5, 0.6) is 0 Å². The average Bonchev–Trinajstić information content (AvgIpc) is 2.71. The fourth-order valence-corrected chi connectivity index (χ4v) is 2.49. The number of nitrogens with zero attached hydrogens (tertiary/aromatic N) is 7. The van der Waals surface area contributed by atoms with Crippen molar-refractivity contribution in [3.8, 4) is 11.6 Å². The smallest absolute Gasteiger partial charge is 0.389 e. The number of aliphatic hydroxyl groups is 1. The van der Waals surface area contributed by atoms with Gasteiger partial charge in [-0.2, -0.15) is 41.3 Å². The molecule has 0 bridgehead atoms. The van der Waals surface area contributed by atoms with Gasteiger partial charge in [-0.3, -0.25) is 10.2 Å². The Labute approximate surface area is 187 Å². The zero-order valence-corrected chi connectivity index (χ0v) is 17.4. The van der Waals surface area contributed by atoms with Crippen LogP contribution in [0.15, 0.2) is 30.6 Å². The maximum absolute atomic E-state index is 13.0. The third kappa shape index (κ3) is 6.44. The average molecular weight is 490 g/mol. The Morgan fingerprint density at radius 2 is 1.50 bits per heavy atom. The van der Waals surface area contributed by atoms with E-state index in [2.05, 4.69) is 35.2 Å². The Kier molecular flexibility index (Phi) is 6.57. The van der Waals surface area contributed by atoms with Crippen molar-refractivity contribution in [1.29, 1.82) is 0 Å². The molecule has 3 rings (SSSR count). The SMILES string of the molecule is CC(C)(O)CN(O)c1nc(Nc2ccnc(C(F)(F)F)c2)nc(-c2nccc(C(F)(F)F)n2)n1. The molecule has 16 heteroatoms. The number of halogens is 6. The predicted octanol–water partition coefficient (Wildman–Crippen LogP) is 3.47. The van der Waals surface area contributed by atoms with Crippen molar-refractivity contribution in [2.24, 2.45) is 0 Å². The maximum atomic E-state index is 13.0. The van der Waals surface area contributed by atoms with Gasteiger partial charge in [0.15, 0.2) is 5.82 Å². The highest BCUT2D eigenvalue weighted by molar-refractivity contribution is 5.57. The summed E-state index contributed by atoms with van der Waals surface area (Å²) in [5.41, 5.74) is -4.13. The highest BCUT2D eigenvalue weighted by atomic mass is 19.4. The van der Waals surface area contributed by atoms with Crippen LogP contribution in [0, 0.1) is 0 Å². The van der Waals surface area contributed by atoms with Gasteiger partial charge in [-0.1, -0.05) is 0 Å². The van der Waals surface area contributed by atoms with E-state index in [-0.39, 0.29) is 5.69 Å². The monoisotopic (exact) mass is 490 g/mol. The Hall–Kier alpha value is -3.66. The van der Waals surface area contributed by atoms with Crippen LogP contribution in [-0.2, 0) is 12.4 Å². The molecule has 3 N–H and O–H groups in total. The minimum atomic E-state index is -4.80. The van der Waals surface area contributed by atoms with Gasteiger partial charge in [-0.15, -0.1) is 0 Å². The van der Waals surface area contributed by atoms with Crippen LogP contribution in [0.4, 0.5) is 43.9 Å². The number of hydrogen-bond acceptors (Lipinski definition) is 10. The van der Waals surface area contributed by atoms with Crippen molar-refractivity contribution in [3.05, 3.63) is 42.0 Å². The summed E-state index contributed by atoms with van der Waals surface area (Å²) in [6, 6.07) is 2.43. The number of pyridine rings is 1. The Balaban J connectivity index is 2.07. The first-order valence-electron chi connectivity index (χ1n) is 9.27. The molecule has 3 aromatic rings. The number of hydrogen-bond donors (Lipinski definition) is 3. The number of nitrogens with one attached hydrogen (secondary N) is 1. The van der Waals surface area contributed by atoms with Gasteiger partial charge in [-0.25, -0.2) is 15.0 Å². The zero-order valence-electron chi connectivity index (χ0n) is 17.4. The first-order chi connectivity index (χ1) is 15.6. The predicted molar refractivity (Wildman–Crippen MR) is 104 cm³/mol. The second kappa shape index (κ2) is 8.94. The number of anilines is 3. The molecular weight excluding hydrogens is 474 g/mol. The summed E-state index contributed by atoms with van der Waals surface area (Å²) in [7, 11) is 0. The molecule has 10 nitrogen and oxygen atoms in total. The maximum Gasteiger partial charge on any atom is 0.433 e. The van der Waals surface area contributed by atoms with Gasteiger partial charge in [0.25, 0.3) is 5.95 Å². The Morgan fingerprint density at radius 3 is 2.12 bits per heavy atom. The zero-order chi connectivity index (χ0) is 25.3. The van der Waals surface area contributed by atoms with E-state index in [9.17, 15) is 36.7 Å². The Bertz CT molecular complexity index is 1170. The first kappa shape index (κ1) is 25.0. The van der Waals surface area contributed by atoms with Gasteiger partial charge < -0.3 is 10.4 Å². The van der Waals surface area contributed by atoms with Gasteiger partial charge in [0.2, 0.25) is 11.8 Å². The third-order valence-electron chi connectivity index (χ3n) is 3.84. The summed E-state index contributed by atoms with van der Waals surface area (Å²) in [5.74, 6) is -2.11. The highest BCUT2D eigenvalue weighted by Gasteiger charge is 2.34. The van der Waals surface area contributed by atoms with Crippen LogP contribution < -0.4 is 10.4 Å². The first-order valence-corrected chi connectivity index (χ1v) is 9.27. The fraction of sp³-hybridized carbons (Fsp3) is 0.333. The molecule has 0 unspecified atom stereocenters. The van der Waals surface area contributed by atoms with Gasteiger partial charge in [0.1, 0.15) is 11.4 Å². The molecule has 3 heterocycles. The van der Waals surface area contributed by atoms with Gasteiger partial charge in [-0.05, 0) is 32.0 Å². The molecule has 0 fully saturated rings. The molecule has 0 amide bonds. The number of hydroxylamine groups is 1. The Morgan fingerprint density at radius 1 is 0.853 bits per heavy atom. The van der Waals surface area contributed by atoms with Crippen molar-refractivity contribution in [1.82, 2.24) is 29.9 Å². The van der Waals surface area contributed by atoms with Crippen molar-refractivity contribution in [2.75, 3.05) is 16.9 Å². The minimum absolute atomic E-state index is 0.164. The lowest BCUT2D eigenvalue weighted by Crippen LogP contribution is -2.37. The second-order valence-corrected chi connectivity index (χ2v) is 7.47. The fourth-order valence-electron chi connectivity index (χ4n) is 2.49. The molecule has 34 heavy (non-hydrogen) atoms. The van der Waals surface area contributed by atoms with E-state index in [0.29, 0.717) is 17.2 Å². The van der Waals surface area contributed by atoms with E-state index in [4.69, 9.17) is 0 Å². The quantitative estimate of drug-likeness (QED) is 0.348. The summed E-state index contributed by atoms with van der Waals surface area (Å²) >= 11 is 0. The molecule has 0 aliphatic rings. The van der Waals surface area contributed by atoms with Gasteiger partial charge in [0.05, 0.1) is 12.1 Å². The van der Waals surface area contributed by atoms with Gasteiger partial charge >= 0.3 is 12.4 Å². The molecular formula is C18H16F6N8O2. The van der Waals surface area contributed by atoms with Crippen molar-refractivity contribution >= 4 is 17.6 Å². The van der Waals surface area contributed by atoms with Crippen LogP contribution in [0.25, 0.3) is 11.6 Å². The van der Waals surface area contributed by atoms with E-state index in [1.165, 1.54) is 13.8 Å². The third-order valence-corrected chi connectivity index (χ3v) is 3.84. The molecule has 182 valence electrons. The lowest BCUT2D eigenvalue weighted by molar-refractivity contribution is -0.141. The van der Waals surface area contributed by atoms with Crippen LogP contribution in [0.2, 0.25) is 0 Å². The molecule has 0 radical (unpaired) electrons. The van der Waals surface area contributed by atoms with E-state index >= 15 is 0 Å². The lowest BCUT2D eigenvalue weighted by atomic mass is 10.1. The normalized spacial score (nSPS) is 12.5. The van der Waals surface area contributed by atoms with Crippen LogP contribution in [0.3, 0.4) is 0 Å². The number of alkyl halides is 6. The molecule has 0 saturated carbocycles. The summed E-state index contributed by atoms with van der Waals surface area (Å²) in [4.78, 5) is 21.8. The lowest BCUT2D eigenvalue weighted by Gasteiger charge is -2.23. The largest absolute Gasteiger partial charge is 0.433 e. The van der Waals surface area contributed by atoms with Gasteiger partial charge in [0, 0.05) is 18.1 Å².